The van der Waals surface area contributed by atoms with Gasteiger partial charge < -0.3 is 15.0 Å². The number of carbonyl (C=O) groups is 2. The number of hydrogen-bond acceptors (Lipinski definition) is 5. The molecule has 0 unspecified atom stereocenters. The molecule has 0 aliphatic carbocycles. The molecule has 0 aromatic heterocycles. The monoisotopic (exact) mass is 659 g/mol. The molecule has 0 saturated carbocycles. The fraction of sp³-hybridized carbons (Fsp3) is 0.297. The van der Waals surface area contributed by atoms with E-state index in [1.165, 1.54) is 17.0 Å². The van der Waals surface area contributed by atoms with Gasteiger partial charge in [-0.2, -0.15) is 0 Å². The Morgan fingerprint density at radius 3 is 2.15 bits per heavy atom. The molecule has 10 heteroatoms. The molecule has 0 aliphatic rings. The first-order chi connectivity index (χ1) is 22.5. The molecule has 0 fully saturated rings. The second-order valence-corrected chi connectivity index (χ2v) is 13.3. The summed E-state index contributed by atoms with van der Waals surface area (Å²) in [6.07, 6.45) is 0.908. The van der Waals surface area contributed by atoms with Crippen molar-refractivity contribution >= 4 is 27.5 Å². The molecule has 0 radical (unpaired) electrons. The molecule has 0 saturated heterocycles. The number of carbonyl (C=O) groups excluding carboxylic acids is 2. The molecule has 4 aromatic carbocycles. The van der Waals surface area contributed by atoms with Gasteiger partial charge in [-0.1, -0.05) is 67.1 Å². The zero-order chi connectivity index (χ0) is 34.0. The number of benzene rings is 4. The molecule has 0 spiro atoms. The number of anilines is 1. The Kier molecular flexibility index (Phi) is 12.1. The summed E-state index contributed by atoms with van der Waals surface area (Å²) in [5.74, 6) is -0.968. The highest BCUT2D eigenvalue weighted by atomic mass is 32.2. The normalized spacial score (nSPS) is 12.5. The summed E-state index contributed by atoms with van der Waals surface area (Å²) >= 11 is 0. The van der Waals surface area contributed by atoms with Crippen molar-refractivity contribution in [2.75, 3.05) is 17.5 Å². The summed E-state index contributed by atoms with van der Waals surface area (Å²) < 4.78 is 48.6. The van der Waals surface area contributed by atoms with Crippen LogP contribution < -0.4 is 14.4 Å². The minimum Gasteiger partial charge on any atom is -0.494 e. The number of sulfonamides is 1. The number of amides is 2. The van der Waals surface area contributed by atoms with Crippen molar-refractivity contribution in [1.82, 2.24) is 10.2 Å². The van der Waals surface area contributed by atoms with Crippen LogP contribution in [0.4, 0.5) is 10.1 Å². The van der Waals surface area contributed by atoms with Crippen LogP contribution in [0.5, 0.6) is 5.75 Å². The maximum atomic E-state index is 14.6. The summed E-state index contributed by atoms with van der Waals surface area (Å²) in [5.41, 5.74) is 2.83. The molecule has 8 nitrogen and oxygen atoms in total. The van der Waals surface area contributed by atoms with Crippen molar-refractivity contribution in [3.05, 3.63) is 126 Å². The van der Waals surface area contributed by atoms with Crippen LogP contribution in [-0.2, 0) is 32.6 Å². The zero-order valence-corrected chi connectivity index (χ0v) is 28.0. The Hall–Kier alpha value is -4.70. The van der Waals surface area contributed by atoms with Crippen molar-refractivity contribution in [3.8, 4) is 5.75 Å². The smallest absolute Gasteiger partial charge is 0.264 e. The number of halogens is 1. The van der Waals surface area contributed by atoms with Crippen LogP contribution in [0, 0.1) is 12.7 Å². The maximum Gasteiger partial charge on any atom is 0.264 e. The van der Waals surface area contributed by atoms with E-state index < -0.39 is 34.3 Å². The van der Waals surface area contributed by atoms with Gasteiger partial charge in [0.1, 0.15) is 24.2 Å². The summed E-state index contributed by atoms with van der Waals surface area (Å²) in [7, 11) is -4.35. The summed E-state index contributed by atoms with van der Waals surface area (Å²) in [5, 5.41) is 3.03. The topological polar surface area (TPSA) is 96.0 Å². The second-order valence-electron chi connectivity index (χ2n) is 11.4. The van der Waals surface area contributed by atoms with Gasteiger partial charge in [-0.3, -0.25) is 13.9 Å². The summed E-state index contributed by atoms with van der Waals surface area (Å²) in [6.45, 7) is 7.51. The second kappa shape index (κ2) is 16.2. The van der Waals surface area contributed by atoms with Crippen LogP contribution in [0.15, 0.2) is 108 Å². The first-order valence-electron chi connectivity index (χ1n) is 15.7. The van der Waals surface area contributed by atoms with Gasteiger partial charge in [0, 0.05) is 19.0 Å². The fourth-order valence-electron chi connectivity index (χ4n) is 5.14. The van der Waals surface area contributed by atoms with Gasteiger partial charge >= 0.3 is 0 Å². The van der Waals surface area contributed by atoms with Gasteiger partial charge in [0.15, 0.2) is 0 Å². The number of rotatable bonds is 15. The van der Waals surface area contributed by atoms with Crippen molar-refractivity contribution in [2.24, 2.45) is 0 Å². The van der Waals surface area contributed by atoms with Crippen LogP contribution in [-0.4, -0.2) is 50.4 Å². The number of nitrogens with one attached hydrogen (secondary N) is 1. The van der Waals surface area contributed by atoms with E-state index in [1.54, 1.807) is 24.3 Å². The van der Waals surface area contributed by atoms with Crippen LogP contribution in [0.25, 0.3) is 0 Å². The molecule has 4 aromatic rings. The predicted molar refractivity (Wildman–Crippen MR) is 182 cm³/mol. The first kappa shape index (κ1) is 35.2. The van der Waals surface area contributed by atoms with E-state index in [1.807, 2.05) is 82.3 Å². The van der Waals surface area contributed by atoms with Gasteiger partial charge in [0.25, 0.3) is 10.0 Å². The maximum absolute atomic E-state index is 14.6. The predicted octanol–water partition coefficient (Wildman–Crippen LogP) is 6.28. The van der Waals surface area contributed by atoms with Crippen molar-refractivity contribution in [2.45, 2.75) is 64.1 Å². The summed E-state index contributed by atoms with van der Waals surface area (Å²) in [4.78, 5) is 29.8. The van der Waals surface area contributed by atoms with Gasteiger partial charge in [0.2, 0.25) is 11.8 Å². The SMILES string of the molecule is CCOc1ccc(N(CC(=O)N(Cc2cccc(C)c2)[C@@H](Cc2ccccc2)C(=O)N[C@@H](C)CC)S(=O)(=O)c2ccc(F)cc2)cc1. The third-order valence-corrected chi connectivity index (χ3v) is 9.61. The number of nitrogens with zero attached hydrogens (tertiary/aromatic N) is 2. The zero-order valence-electron chi connectivity index (χ0n) is 27.2. The van der Waals surface area contributed by atoms with Crippen molar-refractivity contribution in [3.63, 3.8) is 0 Å². The minimum absolute atomic E-state index is 0.0691. The van der Waals surface area contributed by atoms with Gasteiger partial charge in [-0.05, 0) is 86.8 Å². The quantitative estimate of drug-likeness (QED) is 0.162. The molecule has 0 aliphatic heterocycles. The Balaban J connectivity index is 1.81. The lowest BCUT2D eigenvalue weighted by Gasteiger charge is -2.34. The molecule has 2 amide bonds. The lowest BCUT2D eigenvalue weighted by atomic mass is 10.0. The molecular weight excluding hydrogens is 617 g/mol. The molecule has 1 N–H and O–H groups in total. The molecule has 248 valence electrons. The minimum atomic E-state index is -4.35. The fourth-order valence-corrected chi connectivity index (χ4v) is 6.55. The third-order valence-electron chi connectivity index (χ3n) is 7.82. The lowest BCUT2D eigenvalue weighted by Crippen LogP contribution is -2.54. The van der Waals surface area contributed by atoms with Crippen LogP contribution >= 0.6 is 0 Å². The van der Waals surface area contributed by atoms with E-state index in [-0.39, 0.29) is 35.5 Å². The van der Waals surface area contributed by atoms with E-state index in [0.29, 0.717) is 18.8 Å². The van der Waals surface area contributed by atoms with Gasteiger partial charge in [0.05, 0.1) is 17.2 Å². The average Bonchev–Trinajstić information content (AvgIpc) is 3.06. The Labute approximate surface area is 277 Å². The van der Waals surface area contributed by atoms with Gasteiger partial charge in [-0.25, -0.2) is 12.8 Å². The van der Waals surface area contributed by atoms with Gasteiger partial charge in [-0.15, -0.1) is 0 Å². The van der Waals surface area contributed by atoms with E-state index in [2.05, 4.69) is 5.32 Å². The third kappa shape index (κ3) is 9.42. The van der Waals surface area contributed by atoms with E-state index in [0.717, 1.165) is 33.1 Å². The molecule has 0 bridgehead atoms. The Morgan fingerprint density at radius 1 is 0.872 bits per heavy atom. The highest BCUT2D eigenvalue weighted by molar-refractivity contribution is 7.92. The molecular formula is C37H42FN3O5S. The highest BCUT2D eigenvalue weighted by Crippen LogP contribution is 2.27. The van der Waals surface area contributed by atoms with Crippen LogP contribution in [0.2, 0.25) is 0 Å². The average molecular weight is 660 g/mol. The summed E-state index contributed by atoms with van der Waals surface area (Å²) in [6, 6.07) is 26.8. The number of aryl methyl sites for hydroxylation is 1. The van der Waals surface area contributed by atoms with E-state index >= 15 is 0 Å². The standard InChI is InChI=1S/C37H42FN3O5S/c1-5-28(4)39-37(43)35(24-29-12-8-7-9-13-29)40(25-30-14-10-11-27(3)23-30)36(42)26-41(32-17-19-33(20-18-32)46-6-2)47(44,45)34-21-15-31(38)16-22-34/h7-23,28,35H,5-6,24-26H2,1-4H3,(H,39,43)/t28-,35-/m0/s1. The molecule has 47 heavy (non-hydrogen) atoms. The van der Waals surface area contributed by atoms with E-state index in [9.17, 15) is 22.4 Å². The van der Waals surface area contributed by atoms with Crippen LogP contribution in [0.3, 0.4) is 0 Å². The van der Waals surface area contributed by atoms with Crippen LogP contribution in [0.1, 0.15) is 43.9 Å². The Bertz CT molecular complexity index is 1730. The lowest BCUT2D eigenvalue weighted by molar-refractivity contribution is -0.140. The highest BCUT2D eigenvalue weighted by Gasteiger charge is 2.35. The number of hydrogen-bond donors (Lipinski definition) is 1. The molecule has 4 rings (SSSR count). The number of ether oxygens (including phenoxy) is 1. The van der Waals surface area contributed by atoms with E-state index in [4.69, 9.17) is 4.74 Å². The van der Waals surface area contributed by atoms with Crippen molar-refractivity contribution in [1.29, 1.82) is 0 Å². The first-order valence-corrected chi connectivity index (χ1v) is 17.2. The molecule has 2 atom stereocenters. The molecule has 0 heterocycles. The largest absolute Gasteiger partial charge is 0.494 e. The van der Waals surface area contributed by atoms with Crippen molar-refractivity contribution < 1.29 is 27.1 Å². The Morgan fingerprint density at radius 2 is 1.53 bits per heavy atom.